The van der Waals surface area contributed by atoms with Crippen LogP contribution in [0.5, 0.6) is 11.5 Å². The minimum absolute atomic E-state index is 0. The number of ether oxygens (including phenoxy) is 2. The summed E-state index contributed by atoms with van der Waals surface area (Å²) in [6.07, 6.45) is 12.9. The zero-order chi connectivity index (χ0) is 23.5. The Morgan fingerprint density at radius 1 is 0.444 bits per heavy atom. The van der Waals surface area contributed by atoms with Crippen molar-refractivity contribution < 1.29 is 9.47 Å². The van der Waals surface area contributed by atoms with Gasteiger partial charge in [0.1, 0.15) is 11.5 Å². The van der Waals surface area contributed by atoms with Gasteiger partial charge in [0, 0.05) is 26.2 Å². The maximum absolute atomic E-state index is 5.77. The molecular weight excluding hydrogens is 491 g/mol. The van der Waals surface area contributed by atoms with Crippen molar-refractivity contribution >= 4 is 24.8 Å². The molecule has 0 atom stereocenters. The van der Waals surface area contributed by atoms with Crippen LogP contribution in [-0.2, 0) is 0 Å². The van der Waals surface area contributed by atoms with E-state index in [4.69, 9.17) is 9.47 Å². The fraction of sp³-hybridized carbons (Fsp3) is 0.600. The van der Waals surface area contributed by atoms with Crippen LogP contribution in [0.25, 0.3) is 0 Å². The number of rotatable bonds is 18. The van der Waals surface area contributed by atoms with E-state index in [1.54, 1.807) is 0 Å². The molecule has 0 amide bonds. The van der Waals surface area contributed by atoms with Crippen LogP contribution in [0.4, 0.5) is 0 Å². The summed E-state index contributed by atoms with van der Waals surface area (Å²) in [7, 11) is 0. The van der Waals surface area contributed by atoms with E-state index in [9.17, 15) is 0 Å². The Morgan fingerprint density at radius 2 is 0.778 bits per heavy atom. The van der Waals surface area contributed by atoms with E-state index < -0.39 is 0 Å². The Labute approximate surface area is 232 Å². The van der Waals surface area contributed by atoms with Crippen LogP contribution in [0.1, 0.15) is 64.2 Å². The van der Waals surface area contributed by atoms with Gasteiger partial charge in [0.25, 0.3) is 0 Å². The molecule has 0 saturated carbocycles. The van der Waals surface area contributed by atoms with Crippen LogP contribution in [0, 0.1) is 0 Å². The van der Waals surface area contributed by atoms with Gasteiger partial charge >= 0.3 is 0 Å². The molecule has 6 heteroatoms. The molecule has 0 N–H and O–H groups in total. The molecule has 1 heterocycles. The van der Waals surface area contributed by atoms with E-state index >= 15 is 0 Å². The van der Waals surface area contributed by atoms with Crippen molar-refractivity contribution in [2.75, 3.05) is 52.5 Å². The lowest BCUT2D eigenvalue weighted by Gasteiger charge is -2.34. The Hall–Kier alpha value is -1.46. The fourth-order valence-electron chi connectivity index (χ4n) is 4.59. The number of benzene rings is 2. The maximum atomic E-state index is 5.77. The first-order valence-electron chi connectivity index (χ1n) is 13.7. The molecule has 0 aliphatic carbocycles. The Morgan fingerprint density at radius 3 is 1.17 bits per heavy atom. The van der Waals surface area contributed by atoms with Crippen LogP contribution in [0.3, 0.4) is 0 Å². The van der Waals surface area contributed by atoms with Gasteiger partial charge in [0.2, 0.25) is 0 Å². The van der Waals surface area contributed by atoms with Crippen LogP contribution in [-0.4, -0.2) is 62.3 Å². The number of unbranched alkanes of at least 4 members (excludes halogenated alkanes) is 8. The molecule has 1 aliphatic rings. The van der Waals surface area contributed by atoms with Crippen LogP contribution in [0.2, 0.25) is 0 Å². The molecule has 36 heavy (non-hydrogen) atoms. The largest absolute Gasteiger partial charge is 0.494 e. The highest BCUT2D eigenvalue weighted by molar-refractivity contribution is 5.85. The van der Waals surface area contributed by atoms with E-state index in [0.717, 1.165) is 37.6 Å². The molecule has 2 aromatic carbocycles. The molecule has 1 fully saturated rings. The summed E-state index contributed by atoms with van der Waals surface area (Å²) in [5, 5.41) is 0. The molecule has 0 unspecified atom stereocenters. The summed E-state index contributed by atoms with van der Waals surface area (Å²) in [5.74, 6) is 1.98. The third kappa shape index (κ3) is 14.9. The monoisotopic (exact) mass is 538 g/mol. The number of para-hydroxylation sites is 2. The normalized spacial score (nSPS) is 14.0. The maximum Gasteiger partial charge on any atom is 0.119 e. The van der Waals surface area contributed by atoms with Gasteiger partial charge in [0.15, 0.2) is 0 Å². The average Bonchev–Trinajstić information content (AvgIpc) is 2.89. The zero-order valence-corrected chi connectivity index (χ0v) is 23.7. The summed E-state index contributed by atoms with van der Waals surface area (Å²) in [6, 6.07) is 20.3. The smallest absolute Gasteiger partial charge is 0.119 e. The fourth-order valence-corrected chi connectivity index (χ4v) is 4.59. The van der Waals surface area contributed by atoms with E-state index in [1.807, 2.05) is 60.7 Å². The number of hydrogen-bond donors (Lipinski definition) is 0. The third-order valence-electron chi connectivity index (χ3n) is 6.73. The second-order valence-corrected chi connectivity index (χ2v) is 9.54. The van der Waals surface area contributed by atoms with Gasteiger partial charge in [-0.1, -0.05) is 74.9 Å². The minimum atomic E-state index is 0. The second kappa shape index (κ2) is 21.6. The Kier molecular flexibility index (Phi) is 19.5. The Bertz CT molecular complexity index is 665. The molecule has 2 aromatic rings. The number of piperazine rings is 1. The zero-order valence-electron chi connectivity index (χ0n) is 22.0. The van der Waals surface area contributed by atoms with Crippen molar-refractivity contribution in [3.63, 3.8) is 0 Å². The van der Waals surface area contributed by atoms with Crippen LogP contribution >= 0.6 is 24.8 Å². The van der Waals surface area contributed by atoms with Crippen molar-refractivity contribution in [1.82, 2.24) is 9.80 Å². The van der Waals surface area contributed by atoms with Gasteiger partial charge < -0.3 is 19.3 Å². The molecular formula is C30H48Cl2N2O2. The van der Waals surface area contributed by atoms with E-state index in [2.05, 4.69) is 9.80 Å². The molecule has 3 rings (SSSR count). The minimum Gasteiger partial charge on any atom is -0.494 e. The molecule has 0 radical (unpaired) electrons. The molecule has 1 aliphatic heterocycles. The third-order valence-corrected chi connectivity index (χ3v) is 6.73. The van der Waals surface area contributed by atoms with Gasteiger partial charge in [-0.15, -0.1) is 24.8 Å². The summed E-state index contributed by atoms with van der Waals surface area (Å²) in [6.45, 7) is 9.25. The highest BCUT2D eigenvalue weighted by Crippen LogP contribution is 2.12. The molecule has 0 spiro atoms. The Balaban J connectivity index is 0.00000324. The summed E-state index contributed by atoms with van der Waals surface area (Å²) < 4.78 is 11.5. The van der Waals surface area contributed by atoms with Gasteiger partial charge in [-0.25, -0.2) is 0 Å². The van der Waals surface area contributed by atoms with Crippen LogP contribution < -0.4 is 9.47 Å². The first kappa shape index (κ1) is 32.6. The predicted molar refractivity (Wildman–Crippen MR) is 157 cm³/mol. The van der Waals surface area contributed by atoms with Crippen molar-refractivity contribution in [2.45, 2.75) is 64.2 Å². The standard InChI is InChI=1S/C30H46N2O2.2ClH/c1(5-15-27-33-29-17-9-7-10-18-29)3-13-21-31-23-25-32(26-24-31)22-14-4-2-6-16-28-34-30-19-11-8-12-20-30;;/h7-12,17-20H,1-6,13-16,21-28H2;2*1H. The molecule has 4 nitrogen and oxygen atoms in total. The van der Waals surface area contributed by atoms with Crippen molar-refractivity contribution in [1.29, 1.82) is 0 Å². The first-order valence-corrected chi connectivity index (χ1v) is 13.7. The molecule has 0 bridgehead atoms. The van der Waals surface area contributed by atoms with Crippen LogP contribution in [0.15, 0.2) is 60.7 Å². The topological polar surface area (TPSA) is 24.9 Å². The predicted octanol–water partition coefficient (Wildman–Crippen LogP) is 7.51. The first-order chi connectivity index (χ1) is 16.9. The van der Waals surface area contributed by atoms with E-state index in [0.29, 0.717) is 0 Å². The lowest BCUT2D eigenvalue weighted by Crippen LogP contribution is -2.46. The highest BCUT2D eigenvalue weighted by atomic mass is 35.5. The number of halogens is 2. The SMILES string of the molecule is Cl.Cl.c1ccc(OCCCCCCCN2CCN(CCCCCCCOc3ccccc3)CC2)cc1. The second-order valence-electron chi connectivity index (χ2n) is 9.54. The summed E-state index contributed by atoms with van der Waals surface area (Å²) in [5.41, 5.74) is 0. The molecule has 204 valence electrons. The van der Waals surface area contributed by atoms with E-state index in [1.165, 1.54) is 90.6 Å². The van der Waals surface area contributed by atoms with Crippen molar-refractivity contribution in [3.05, 3.63) is 60.7 Å². The van der Waals surface area contributed by atoms with Gasteiger partial charge in [-0.2, -0.15) is 0 Å². The quantitative estimate of drug-likeness (QED) is 0.183. The van der Waals surface area contributed by atoms with Gasteiger partial charge in [-0.3, -0.25) is 0 Å². The van der Waals surface area contributed by atoms with E-state index in [-0.39, 0.29) is 24.8 Å². The van der Waals surface area contributed by atoms with Crippen molar-refractivity contribution in [3.8, 4) is 11.5 Å². The van der Waals surface area contributed by atoms with Crippen molar-refractivity contribution in [2.24, 2.45) is 0 Å². The van der Waals surface area contributed by atoms with Gasteiger partial charge in [-0.05, 0) is 63.0 Å². The average molecular weight is 540 g/mol. The summed E-state index contributed by atoms with van der Waals surface area (Å²) >= 11 is 0. The highest BCUT2D eigenvalue weighted by Gasteiger charge is 2.15. The molecule has 0 aromatic heterocycles. The van der Waals surface area contributed by atoms with Gasteiger partial charge in [0.05, 0.1) is 13.2 Å². The molecule has 1 saturated heterocycles. The number of hydrogen-bond acceptors (Lipinski definition) is 4. The lowest BCUT2D eigenvalue weighted by atomic mass is 10.1. The summed E-state index contributed by atoms with van der Waals surface area (Å²) in [4.78, 5) is 5.34. The lowest BCUT2D eigenvalue weighted by molar-refractivity contribution is 0.129. The number of nitrogens with zero attached hydrogens (tertiary/aromatic N) is 2.